The van der Waals surface area contributed by atoms with Gasteiger partial charge in [-0.2, -0.15) is 13.2 Å². The summed E-state index contributed by atoms with van der Waals surface area (Å²) in [7, 11) is 0. The maximum Gasteiger partial charge on any atom is 0.416 e. The minimum absolute atomic E-state index is 0.138. The summed E-state index contributed by atoms with van der Waals surface area (Å²) in [5.74, 6) is -0.216. The van der Waals surface area contributed by atoms with Crippen LogP contribution >= 0.6 is 0 Å². The molecule has 106 valence electrons. The summed E-state index contributed by atoms with van der Waals surface area (Å²) >= 11 is 0. The van der Waals surface area contributed by atoms with Crippen LogP contribution in [0, 0.1) is 0 Å². The summed E-state index contributed by atoms with van der Waals surface area (Å²) in [5.41, 5.74) is -0.538. The van der Waals surface area contributed by atoms with Gasteiger partial charge in [-0.3, -0.25) is 4.79 Å². The lowest BCUT2D eigenvalue weighted by atomic mass is 9.99. The Kier molecular flexibility index (Phi) is 4.97. The average Bonchev–Trinajstić information content (AvgIpc) is 2.33. The molecule has 0 bridgehead atoms. The van der Waals surface area contributed by atoms with Crippen LogP contribution in [0.5, 0.6) is 0 Å². The van der Waals surface area contributed by atoms with Crippen molar-refractivity contribution < 1.29 is 18.0 Å². The van der Waals surface area contributed by atoms with E-state index < -0.39 is 17.8 Å². The van der Waals surface area contributed by atoms with E-state index in [1.165, 1.54) is 24.0 Å². The first kappa shape index (κ1) is 15.5. The normalized spacial score (nSPS) is 13.2. The largest absolute Gasteiger partial charge is 0.416 e. The molecule has 1 aromatic carbocycles. The summed E-state index contributed by atoms with van der Waals surface area (Å²) in [4.78, 5) is 13.0. The molecule has 1 rings (SSSR count). The fourth-order valence-electron chi connectivity index (χ4n) is 2.15. The number of carbonyl (C=O) groups excluding carboxylic acids is 1. The lowest BCUT2D eigenvalue weighted by Gasteiger charge is -2.30. The number of carbonyl (C=O) groups is 1. The van der Waals surface area contributed by atoms with Gasteiger partial charge in [0, 0.05) is 13.5 Å². The Labute approximate surface area is 111 Å². The monoisotopic (exact) mass is 273 g/mol. The van der Waals surface area contributed by atoms with E-state index in [0.717, 1.165) is 6.07 Å². The van der Waals surface area contributed by atoms with E-state index in [1.807, 2.05) is 6.92 Å². The van der Waals surface area contributed by atoms with Crippen LogP contribution in [0.3, 0.4) is 0 Å². The molecule has 0 aliphatic rings. The van der Waals surface area contributed by atoms with E-state index in [-0.39, 0.29) is 11.5 Å². The van der Waals surface area contributed by atoms with E-state index in [1.54, 1.807) is 13.0 Å². The summed E-state index contributed by atoms with van der Waals surface area (Å²) in [6.07, 6.45) is -3.70. The molecule has 0 fully saturated rings. The highest BCUT2D eigenvalue weighted by Gasteiger charge is 2.35. The van der Waals surface area contributed by atoms with Crippen LogP contribution in [-0.4, -0.2) is 17.4 Å². The molecule has 0 saturated heterocycles. The van der Waals surface area contributed by atoms with Crippen molar-refractivity contribution in [3.05, 3.63) is 35.4 Å². The van der Waals surface area contributed by atoms with Gasteiger partial charge in [0.25, 0.3) is 0 Å². The predicted molar refractivity (Wildman–Crippen MR) is 67.5 cm³/mol. The van der Waals surface area contributed by atoms with Gasteiger partial charge in [-0.05, 0) is 25.0 Å². The first-order valence-corrected chi connectivity index (χ1v) is 6.22. The SMILES string of the molecule is CCCN(C(C)=O)C(C)c1ccccc1C(F)(F)F. The van der Waals surface area contributed by atoms with Crippen molar-refractivity contribution in [1.29, 1.82) is 0 Å². The van der Waals surface area contributed by atoms with Crippen molar-refractivity contribution in [2.24, 2.45) is 0 Å². The van der Waals surface area contributed by atoms with Crippen molar-refractivity contribution >= 4 is 5.91 Å². The molecule has 0 aliphatic carbocycles. The highest BCUT2D eigenvalue weighted by molar-refractivity contribution is 5.73. The lowest BCUT2D eigenvalue weighted by molar-refractivity contribution is -0.140. The molecule has 1 unspecified atom stereocenters. The van der Waals surface area contributed by atoms with Gasteiger partial charge in [0.05, 0.1) is 11.6 Å². The van der Waals surface area contributed by atoms with E-state index in [2.05, 4.69) is 0 Å². The van der Waals surface area contributed by atoms with Gasteiger partial charge in [-0.1, -0.05) is 25.1 Å². The molecule has 0 saturated carbocycles. The highest BCUT2D eigenvalue weighted by Crippen LogP contribution is 2.36. The summed E-state index contributed by atoms with van der Waals surface area (Å²) in [6.45, 7) is 5.34. The van der Waals surface area contributed by atoms with E-state index in [0.29, 0.717) is 13.0 Å². The second-order valence-electron chi connectivity index (χ2n) is 4.47. The molecule has 1 amide bonds. The van der Waals surface area contributed by atoms with E-state index >= 15 is 0 Å². The second kappa shape index (κ2) is 6.08. The van der Waals surface area contributed by atoms with Crippen LogP contribution in [0.1, 0.15) is 44.4 Å². The smallest absolute Gasteiger partial charge is 0.336 e. The van der Waals surface area contributed by atoms with Crippen LogP contribution in [0.2, 0.25) is 0 Å². The average molecular weight is 273 g/mol. The third-order valence-electron chi connectivity index (χ3n) is 3.05. The Hall–Kier alpha value is -1.52. The number of rotatable bonds is 4. The lowest BCUT2D eigenvalue weighted by Crippen LogP contribution is -2.33. The summed E-state index contributed by atoms with van der Waals surface area (Å²) < 4.78 is 38.9. The number of nitrogens with zero attached hydrogens (tertiary/aromatic N) is 1. The van der Waals surface area contributed by atoms with E-state index in [9.17, 15) is 18.0 Å². The zero-order valence-corrected chi connectivity index (χ0v) is 11.3. The van der Waals surface area contributed by atoms with Gasteiger partial charge < -0.3 is 4.90 Å². The highest BCUT2D eigenvalue weighted by atomic mass is 19.4. The van der Waals surface area contributed by atoms with Crippen molar-refractivity contribution in [2.75, 3.05) is 6.54 Å². The van der Waals surface area contributed by atoms with Gasteiger partial charge in [-0.15, -0.1) is 0 Å². The number of halogens is 3. The van der Waals surface area contributed by atoms with Gasteiger partial charge >= 0.3 is 6.18 Å². The van der Waals surface area contributed by atoms with Gasteiger partial charge in [0.1, 0.15) is 0 Å². The fourth-order valence-corrected chi connectivity index (χ4v) is 2.15. The molecule has 0 N–H and O–H groups in total. The quantitative estimate of drug-likeness (QED) is 0.811. The zero-order chi connectivity index (χ0) is 14.6. The van der Waals surface area contributed by atoms with Crippen LogP contribution < -0.4 is 0 Å². The number of hydrogen-bond donors (Lipinski definition) is 0. The third kappa shape index (κ3) is 3.72. The first-order valence-electron chi connectivity index (χ1n) is 6.22. The fraction of sp³-hybridized carbons (Fsp3) is 0.500. The molecule has 1 aromatic rings. The predicted octanol–water partition coefficient (Wildman–Crippen LogP) is 4.02. The zero-order valence-electron chi connectivity index (χ0n) is 11.3. The number of amides is 1. The number of hydrogen-bond acceptors (Lipinski definition) is 1. The summed E-state index contributed by atoms with van der Waals surface area (Å²) in [5, 5.41) is 0. The van der Waals surface area contributed by atoms with Crippen LogP contribution in [0.25, 0.3) is 0 Å². The molecular formula is C14H18F3NO. The first-order chi connectivity index (χ1) is 8.79. The Morgan fingerprint density at radius 1 is 1.32 bits per heavy atom. The minimum Gasteiger partial charge on any atom is -0.336 e. The Bertz CT molecular complexity index is 443. The third-order valence-corrected chi connectivity index (χ3v) is 3.05. The molecule has 0 heterocycles. The van der Waals surface area contributed by atoms with E-state index in [4.69, 9.17) is 0 Å². The molecule has 1 atom stereocenters. The molecule has 0 aromatic heterocycles. The van der Waals surface area contributed by atoms with Crippen LogP contribution in [0.4, 0.5) is 13.2 Å². The van der Waals surface area contributed by atoms with Gasteiger partial charge in [-0.25, -0.2) is 0 Å². The Morgan fingerprint density at radius 3 is 2.37 bits per heavy atom. The molecule has 19 heavy (non-hydrogen) atoms. The van der Waals surface area contributed by atoms with Gasteiger partial charge in [0.2, 0.25) is 5.91 Å². The van der Waals surface area contributed by atoms with Crippen molar-refractivity contribution in [2.45, 2.75) is 39.4 Å². The maximum absolute atomic E-state index is 13.0. The molecular weight excluding hydrogens is 255 g/mol. The molecule has 0 aliphatic heterocycles. The van der Waals surface area contributed by atoms with Crippen molar-refractivity contribution in [1.82, 2.24) is 4.90 Å². The standard InChI is InChI=1S/C14H18F3NO/c1-4-9-18(11(3)19)10(2)12-7-5-6-8-13(12)14(15,16)17/h5-8,10H,4,9H2,1-3H3. The van der Waals surface area contributed by atoms with Crippen molar-refractivity contribution in [3.8, 4) is 0 Å². The van der Waals surface area contributed by atoms with Crippen LogP contribution in [-0.2, 0) is 11.0 Å². The Morgan fingerprint density at radius 2 is 1.89 bits per heavy atom. The molecule has 0 spiro atoms. The Balaban J connectivity index is 3.18. The van der Waals surface area contributed by atoms with Crippen molar-refractivity contribution in [3.63, 3.8) is 0 Å². The second-order valence-corrected chi connectivity index (χ2v) is 4.47. The topological polar surface area (TPSA) is 20.3 Å². The molecule has 2 nitrogen and oxygen atoms in total. The summed E-state index contributed by atoms with van der Waals surface area (Å²) in [6, 6.07) is 4.81. The molecule has 0 radical (unpaired) electrons. The minimum atomic E-state index is -4.40. The van der Waals surface area contributed by atoms with Gasteiger partial charge in [0.15, 0.2) is 0 Å². The van der Waals surface area contributed by atoms with Crippen LogP contribution in [0.15, 0.2) is 24.3 Å². The molecule has 5 heteroatoms. The number of alkyl halides is 3. The maximum atomic E-state index is 13.0. The number of benzene rings is 1.